The van der Waals surface area contributed by atoms with Crippen molar-refractivity contribution in [1.29, 1.82) is 0 Å². The number of likely N-dealkylation sites (N-methyl/N-ethyl adjacent to an activating group) is 1. The second kappa shape index (κ2) is 6.38. The quantitative estimate of drug-likeness (QED) is 0.781. The Kier molecular flexibility index (Phi) is 4.06. The second-order valence-corrected chi connectivity index (χ2v) is 8.68. The number of β-amino-alcohol motifs (C(OH)–C–C–N with tert-alkyl or cyclic N) is 1. The van der Waals surface area contributed by atoms with E-state index < -0.39 is 5.60 Å². The third kappa shape index (κ3) is 3.12. The Morgan fingerprint density at radius 2 is 2.11 bits per heavy atom. The van der Waals surface area contributed by atoms with Gasteiger partial charge in [-0.15, -0.1) is 15.3 Å². The van der Waals surface area contributed by atoms with Crippen molar-refractivity contribution in [3.05, 3.63) is 18.0 Å². The molecule has 9 nitrogen and oxygen atoms in total. The average molecular weight is 385 g/mol. The molecule has 1 N–H and O–H groups in total. The van der Waals surface area contributed by atoms with Gasteiger partial charge < -0.3 is 14.9 Å². The zero-order valence-corrected chi connectivity index (χ0v) is 16.5. The van der Waals surface area contributed by atoms with Gasteiger partial charge in [-0.2, -0.15) is 4.52 Å². The Labute approximate surface area is 163 Å². The van der Waals surface area contributed by atoms with E-state index in [0.717, 1.165) is 30.4 Å². The summed E-state index contributed by atoms with van der Waals surface area (Å²) in [7, 11) is 2.05. The van der Waals surface area contributed by atoms with E-state index >= 15 is 0 Å². The van der Waals surface area contributed by atoms with Crippen LogP contribution in [0.3, 0.4) is 0 Å². The lowest BCUT2D eigenvalue weighted by molar-refractivity contribution is -0.129. The minimum atomic E-state index is -0.806. The summed E-state index contributed by atoms with van der Waals surface area (Å²) >= 11 is 0. The van der Waals surface area contributed by atoms with Gasteiger partial charge in [0, 0.05) is 45.1 Å². The number of aromatic nitrogens is 4. The molecule has 0 radical (unpaired) electrons. The highest BCUT2D eigenvalue weighted by molar-refractivity contribution is 5.73. The Morgan fingerprint density at radius 3 is 2.79 bits per heavy atom. The number of hydrogen-bond donors (Lipinski definition) is 1. The minimum absolute atomic E-state index is 0.0365. The summed E-state index contributed by atoms with van der Waals surface area (Å²) in [4.78, 5) is 17.7. The van der Waals surface area contributed by atoms with Crippen molar-refractivity contribution in [1.82, 2.24) is 29.6 Å². The summed E-state index contributed by atoms with van der Waals surface area (Å²) in [5, 5.41) is 24.1. The summed E-state index contributed by atoms with van der Waals surface area (Å²) in [6.07, 6.45) is 2.99. The molecule has 3 fully saturated rings. The van der Waals surface area contributed by atoms with Gasteiger partial charge in [0.25, 0.3) is 0 Å². The Hall–Kier alpha value is -2.26. The van der Waals surface area contributed by atoms with Crippen LogP contribution in [0.4, 0.5) is 5.82 Å². The maximum atomic E-state index is 11.5. The standard InChI is InChI=1S/C19H27N7O2/c1-13(27)24-8-7-19(28,12-24)11-23(2)15-9-25(10-15)17-6-5-16-20-21-18(14-3-4-14)26(16)22-17/h5-6,14-15,28H,3-4,7-12H2,1-2H3. The average Bonchev–Trinajstić information content (AvgIpc) is 3.24. The number of rotatable bonds is 5. The molecule has 0 spiro atoms. The maximum Gasteiger partial charge on any atom is 0.219 e. The molecule has 4 heterocycles. The first-order valence-electron chi connectivity index (χ1n) is 10.1. The van der Waals surface area contributed by atoms with Gasteiger partial charge in [0.05, 0.1) is 12.1 Å². The van der Waals surface area contributed by atoms with Gasteiger partial charge in [-0.25, -0.2) is 0 Å². The molecule has 2 saturated heterocycles. The number of carbonyl (C=O) groups excluding carboxylic acids is 1. The van der Waals surface area contributed by atoms with Crippen LogP contribution < -0.4 is 4.90 Å². The van der Waals surface area contributed by atoms with Crippen LogP contribution in [0.25, 0.3) is 5.65 Å². The van der Waals surface area contributed by atoms with Crippen molar-refractivity contribution in [3.63, 3.8) is 0 Å². The fourth-order valence-corrected chi connectivity index (χ4v) is 4.33. The van der Waals surface area contributed by atoms with Crippen molar-refractivity contribution < 1.29 is 9.90 Å². The van der Waals surface area contributed by atoms with E-state index in [1.807, 2.05) is 16.6 Å². The normalized spacial score (nSPS) is 25.7. The lowest BCUT2D eigenvalue weighted by Crippen LogP contribution is -2.61. The first-order chi connectivity index (χ1) is 13.4. The van der Waals surface area contributed by atoms with Crippen LogP contribution in [0.15, 0.2) is 12.1 Å². The van der Waals surface area contributed by atoms with Gasteiger partial charge in [0.1, 0.15) is 5.82 Å². The molecule has 1 saturated carbocycles. The predicted octanol–water partition coefficient (Wildman–Crippen LogP) is 0.105. The van der Waals surface area contributed by atoms with Crippen LogP contribution in [-0.4, -0.2) is 92.0 Å². The molecule has 28 heavy (non-hydrogen) atoms. The summed E-state index contributed by atoms with van der Waals surface area (Å²) in [6.45, 7) is 4.97. The number of likely N-dealkylation sites (tertiary alicyclic amines) is 1. The maximum absolute atomic E-state index is 11.5. The summed E-state index contributed by atoms with van der Waals surface area (Å²) < 4.78 is 1.89. The lowest BCUT2D eigenvalue weighted by atomic mass is 10.00. The van der Waals surface area contributed by atoms with Crippen molar-refractivity contribution in [2.45, 2.75) is 43.7 Å². The SMILES string of the molecule is CC(=O)N1CCC(O)(CN(C)C2CN(c3ccc4nnc(C5CC5)n4n3)C2)C1. The highest BCUT2D eigenvalue weighted by atomic mass is 16.3. The third-order valence-corrected chi connectivity index (χ3v) is 6.35. The fraction of sp³-hybridized carbons (Fsp3) is 0.684. The molecule has 9 heteroatoms. The molecule has 2 aliphatic heterocycles. The van der Waals surface area contributed by atoms with E-state index in [4.69, 9.17) is 5.10 Å². The number of nitrogens with zero attached hydrogens (tertiary/aromatic N) is 7. The highest BCUT2D eigenvalue weighted by Crippen LogP contribution is 2.39. The molecule has 2 aromatic rings. The molecule has 1 amide bonds. The predicted molar refractivity (Wildman–Crippen MR) is 103 cm³/mol. The van der Waals surface area contributed by atoms with Gasteiger partial charge >= 0.3 is 0 Å². The van der Waals surface area contributed by atoms with Crippen molar-refractivity contribution >= 4 is 17.4 Å². The molecular weight excluding hydrogens is 358 g/mol. The van der Waals surface area contributed by atoms with Gasteiger partial charge in [0.15, 0.2) is 11.5 Å². The molecule has 5 rings (SSSR count). The first kappa shape index (κ1) is 17.8. The topological polar surface area (TPSA) is 90.1 Å². The summed E-state index contributed by atoms with van der Waals surface area (Å²) in [5.74, 6) is 2.47. The number of hydrogen-bond acceptors (Lipinski definition) is 7. The van der Waals surface area contributed by atoms with Gasteiger partial charge in [-0.3, -0.25) is 9.69 Å². The summed E-state index contributed by atoms with van der Waals surface area (Å²) in [6, 6.07) is 4.36. The van der Waals surface area contributed by atoms with Gasteiger partial charge in [0.2, 0.25) is 5.91 Å². The number of anilines is 1. The van der Waals surface area contributed by atoms with Crippen molar-refractivity contribution in [2.75, 3.05) is 44.7 Å². The number of carbonyl (C=O) groups is 1. The third-order valence-electron chi connectivity index (χ3n) is 6.35. The Morgan fingerprint density at radius 1 is 1.32 bits per heavy atom. The van der Waals surface area contributed by atoms with Crippen molar-refractivity contribution in [2.24, 2.45) is 0 Å². The van der Waals surface area contributed by atoms with E-state index in [2.05, 4.69) is 27.0 Å². The minimum Gasteiger partial charge on any atom is -0.387 e. The zero-order chi connectivity index (χ0) is 19.5. The summed E-state index contributed by atoms with van der Waals surface area (Å²) in [5.41, 5.74) is -0.00190. The van der Waals surface area contributed by atoms with Crippen LogP contribution >= 0.6 is 0 Å². The lowest BCUT2D eigenvalue weighted by Gasteiger charge is -2.46. The smallest absolute Gasteiger partial charge is 0.219 e. The second-order valence-electron chi connectivity index (χ2n) is 8.68. The first-order valence-corrected chi connectivity index (χ1v) is 10.1. The zero-order valence-electron chi connectivity index (χ0n) is 16.5. The molecule has 0 aromatic carbocycles. The highest BCUT2D eigenvalue weighted by Gasteiger charge is 2.41. The fourth-order valence-electron chi connectivity index (χ4n) is 4.33. The molecule has 1 atom stereocenters. The van der Waals surface area contributed by atoms with Crippen molar-refractivity contribution in [3.8, 4) is 0 Å². The van der Waals surface area contributed by atoms with Crippen LogP contribution in [0.2, 0.25) is 0 Å². The molecule has 1 aliphatic carbocycles. The molecule has 150 valence electrons. The Balaban J connectivity index is 1.21. The van der Waals surface area contributed by atoms with Crippen LogP contribution in [-0.2, 0) is 4.79 Å². The largest absolute Gasteiger partial charge is 0.387 e. The van der Waals surface area contributed by atoms with Gasteiger partial charge in [-0.05, 0) is 38.4 Å². The molecule has 1 unspecified atom stereocenters. The Bertz CT molecular complexity index is 905. The van der Waals surface area contributed by atoms with Gasteiger partial charge in [-0.1, -0.05) is 0 Å². The van der Waals surface area contributed by atoms with Crippen LogP contribution in [0.1, 0.15) is 37.9 Å². The molecule has 2 aromatic heterocycles. The van der Waals surface area contributed by atoms with E-state index in [9.17, 15) is 9.90 Å². The number of aliphatic hydroxyl groups is 1. The van der Waals surface area contributed by atoms with E-state index in [0.29, 0.717) is 38.0 Å². The molecule has 0 bridgehead atoms. The van der Waals surface area contributed by atoms with E-state index in [1.54, 1.807) is 11.8 Å². The number of fused-ring (bicyclic) bond motifs is 1. The van der Waals surface area contributed by atoms with E-state index in [-0.39, 0.29) is 5.91 Å². The number of amides is 1. The van der Waals surface area contributed by atoms with Crippen LogP contribution in [0, 0.1) is 0 Å². The van der Waals surface area contributed by atoms with E-state index in [1.165, 1.54) is 12.8 Å². The monoisotopic (exact) mass is 385 g/mol. The van der Waals surface area contributed by atoms with Crippen LogP contribution in [0.5, 0.6) is 0 Å². The molecule has 3 aliphatic rings. The molecular formula is C19H27N7O2.